The van der Waals surface area contributed by atoms with Gasteiger partial charge in [-0.2, -0.15) is 0 Å². The molecule has 1 aliphatic carbocycles. The van der Waals surface area contributed by atoms with Crippen molar-refractivity contribution in [1.29, 1.82) is 0 Å². The van der Waals surface area contributed by atoms with Gasteiger partial charge in [0.15, 0.2) is 0 Å². The van der Waals surface area contributed by atoms with Gasteiger partial charge in [-0.25, -0.2) is 0 Å². The zero-order valence-corrected chi connectivity index (χ0v) is 12.2. The summed E-state index contributed by atoms with van der Waals surface area (Å²) in [5, 5.41) is 12.9. The maximum absolute atomic E-state index is 12.1. The van der Waals surface area contributed by atoms with Crippen molar-refractivity contribution in [3.8, 4) is 0 Å². The van der Waals surface area contributed by atoms with Crippen LogP contribution in [0.25, 0.3) is 0 Å². The summed E-state index contributed by atoms with van der Waals surface area (Å²) < 4.78 is 0.820. The van der Waals surface area contributed by atoms with Crippen LogP contribution < -0.4 is 5.32 Å². The number of hydrogen-bond donors (Lipinski definition) is 2. The van der Waals surface area contributed by atoms with E-state index in [-0.39, 0.29) is 18.1 Å². The van der Waals surface area contributed by atoms with Gasteiger partial charge in [0.1, 0.15) is 0 Å². The molecule has 0 aliphatic heterocycles. The lowest BCUT2D eigenvalue weighted by Crippen LogP contribution is -2.39. The van der Waals surface area contributed by atoms with Crippen molar-refractivity contribution in [3.63, 3.8) is 0 Å². The Kier molecular flexibility index (Phi) is 4.65. The second kappa shape index (κ2) is 6.04. The van der Waals surface area contributed by atoms with Gasteiger partial charge in [-0.15, -0.1) is 0 Å². The van der Waals surface area contributed by atoms with Crippen LogP contribution >= 0.6 is 27.5 Å². The highest BCUT2D eigenvalue weighted by atomic mass is 79.9. The van der Waals surface area contributed by atoms with E-state index in [9.17, 15) is 9.90 Å². The van der Waals surface area contributed by atoms with Crippen molar-refractivity contribution in [2.75, 3.05) is 0 Å². The third kappa shape index (κ3) is 3.46. The van der Waals surface area contributed by atoms with E-state index >= 15 is 0 Å². The highest BCUT2D eigenvalue weighted by Gasteiger charge is 2.22. The largest absolute Gasteiger partial charge is 0.393 e. The Labute approximate surface area is 120 Å². The fourth-order valence-electron chi connectivity index (χ4n) is 2.23. The third-order valence-corrected chi connectivity index (χ3v) is 3.98. The topological polar surface area (TPSA) is 49.3 Å². The maximum atomic E-state index is 12.1. The van der Waals surface area contributed by atoms with Crippen LogP contribution in [0.5, 0.6) is 0 Å². The lowest BCUT2D eigenvalue weighted by Gasteiger charge is -2.26. The second-order valence-electron chi connectivity index (χ2n) is 4.61. The van der Waals surface area contributed by atoms with Gasteiger partial charge in [0.25, 0.3) is 5.91 Å². The number of amides is 1. The number of carbonyl (C=O) groups is 1. The summed E-state index contributed by atoms with van der Waals surface area (Å²) in [6.07, 6.45) is 3.00. The Morgan fingerprint density at radius 1 is 1.44 bits per heavy atom. The number of halogens is 2. The minimum Gasteiger partial charge on any atom is -0.393 e. The first-order chi connectivity index (χ1) is 8.56. The summed E-state index contributed by atoms with van der Waals surface area (Å²) in [6, 6.07) is 5.23. The normalized spacial score (nSPS) is 23.7. The van der Waals surface area contributed by atoms with Crippen molar-refractivity contribution >= 4 is 33.4 Å². The first kappa shape index (κ1) is 13.8. The molecule has 0 heterocycles. The Morgan fingerprint density at radius 2 is 2.22 bits per heavy atom. The molecule has 2 N–H and O–H groups in total. The quantitative estimate of drug-likeness (QED) is 0.874. The smallest absolute Gasteiger partial charge is 0.253 e. The van der Waals surface area contributed by atoms with Crippen LogP contribution in [0.4, 0.5) is 0 Å². The molecular formula is C13H15BrClNO2. The number of nitrogens with one attached hydrogen (secondary N) is 1. The lowest BCUT2D eigenvalue weighted by molar-refractivity contribution is 0.0850. The zero-order valence-electron chi connectivity index (χ0n) is 9.83. The molecule has 5 heteroatoms. The van der Waals surface area contributed by atoms with Crippen LogP contribution in [0, 0.1) is 0 Å². The minimum atomic E-state index is -0.304. The molecular weight excluding hydrogens is 318 g/mol. The van der Waals surface area contributed by atoms with Crippen molar-refractivity contribution < 1.29 is 9.90 Å². The summed E-state index contributed by atoms with van der Waals surface area (Å²) in [5.74, 6) is -0.180. The Balaban J connectivity index is 2.05. The van der Waals surface area contributed by atoms with E-state index in [1.165, 1.54) is 0 Å². The fraction of sp³-hybridized carbons (Fsp3) is 0.462. The standard InChI is InChI=1S/C13H15BrClNO2/c14-8-4-5-12(15)11(6-8)13(18)16-9-2-1-3-10(17)7-9/h4-6,9-10,17H,1-3,7H2,(H,16,18)/t9-,10-/m1/s1. The number of aliphatic hydroxyl groups is 1. The molecule has 18 heavy (non-hydrogen) atoms. The van der Waals surface area contributed by atoms with Crippen LogP contribution in [0.3, 0.4) is 0 Å². The summed E-state index contributed by atoms with van der Waals surface area (Å²) in [4.78, 5) is 12.1. The molecule has 2 atom stereocenters. The third-order valence-electron chi connectivity index (χ3n) is 3.15. The van der Waals surface area contributed by atoms with Gasteiger partial charge in [0.05, 0.1) is 16.7 Å². The molecule has 0 saturated heterocycles. The molecule has 1 amide bonds. The lowest BCUT2D eigenvalue weighted by atomic mass is 9.93. The number of aliphatic hydroxyl groups excluding tert-OH is 1. The Morgan fingerprint density at radius 3 is 2.94 bits per heavy atom. The fourth-order valence-corrected chi connectivity index (χ4v) is 2.79. The van der Waals surface area contributed by atoms with E-state index in [1.807, 2.05) is 0 Å². The predicted molar refractivity (Wildman–Crippen MR) is 74.9 cm³/mol. The van der Waals surface area contributed by atoms with Gasteiger partial charge < -0.3 is 10.4 Å². The average molecular weight is 333 g/mol. The van der Waals surface area contributed by atoms with Gasteiger partial charge in [-0.1, -0.05) is 27.5 Å². The van der Waals surface area contributed by atoms with E-state index in [1.54, 1.807) is 18.2 Å². The van der Waals surface area contributed by atoms with Crippen LogP contribution in [0.2, 0.25) is 5.02 Å². The monoisotopic (exact) mass is 331 g/mol. The molecule has 1 aromatic rings. The first-order valence-electron chi connectivity index (χ1n) is 6.00. The van der Waals surface area contributed by atoms with Crippen molar-refractivity contribution in [2.45, 2.75) is 37.8 Å². The van der Waals surface area contributed by atoms with Gasteiger partial charge in [-0.3, -0.25) is 4.79 Å². The SMILES string of the molecule is O=C(N[C@@H]1CCC[C@@H](O)C1)c1cc(Br)ccc1Cl. The molecule has 0 unspecified atom stereocenters. The van der Waals surface area contributed by atoms with Crippen molar-refractivity contribution in [1.82, 2.24) is 5.32 Å². The molecule has 0 radical (unpaired) electrons. The van der Waals surface area contributed by atoms with Gasteiger partial charge in [0.2, 0.25) is 0 Å². The summed E-state index contributed by atoms with van der Waals surface area (Å²) >= 11 is 9.33. The molecule has 1 fully saturated rings. The average Bonchev–Trinajstić information content (AvgIpc) is 2.32. The van der Waals surface area contributed by atoms with E-state index < -0.39 is 0 Å². The van der Waals surface area contributed by atoms with E-state index in [0.717, 1.165) is 23.7 Å². The molecule has 1 aromatic carbocycles. The summed E-state index contributed by atoms with van der Waals surface area (Å²) in [7, 11) is 0. The number of hydrogen-bond acceptors (Lipinski definition) is 2. The second-order valence-corrected chi connectivity index (χ2v) is 5.94. The Hall–Kier alpha value is -0.580. The zero-order chi connectivity index (χ0) is 13.1. The molecule has 3 nitrogen and oxygen atoms in total. The van der Waals surface area contributed by atoms with E-state index in [2.05, 4.69) is 21.2 Å². The highest BCUT2D eigenvalue weighted by Crippen LogP contribution is 2.23. The minimum absolute atomic E-state index is 0.0382. The number of carbonyl (C=O) groups excluding carboxylic acids is 1. The predicted octanol–water partition coefficient (Wildman–Crippen LogP) is 3.14. The van der Waals surface area contributed by atoms with Crippen LogP contribution in [-0.2, 0) is 0 Å². The van der Waals surface area contributed by atoms with Crippen LogP contribution in [0.1, 0.15) is 36.0 Å². The molecule has 1 aliphatic rings. The van der Waals surface area contributed by atoms with E-state index in [4.69, 9.17) is 11.6 Å². The molecule has 98 valence electrons. The summed E-state index contributed by atoms with van der Waals surface area (Å²) in [6.45, 7) is 0. The van der Waals surface area contributed by atoms with Crippen LogP contribution in [-0.4, -0.2) is 23.2 Å². The molecule has 1 saturated carbocycles. The molecule has 2 rings (SSSR count). The van der Waals surface area contributed by atoms with E-state index in [0.29, 0.717) is 17.0 Å². The van der Waals surface area contributed by atoms with Crippen LogP contribution in [0.15, 0.2) is 22.7 Å². The van der Waals surface area contributed by atoms with Gasteiger partial charge >= 0.3 is 0 Å². The maximum Gasteiger partial charge on any atom is 0.253 e. The molecule has 0 aromatic heterocycles. The van der Waals surface area contributed by atoms with Crippen molar-refractivity contribution in [2.24, 2.45) is 0 Å². The van der Waals surface area contributed by atoms with Crippen molar-refractivity contribution in [3.05, 3.63) is 33.3 Å². The van der Waals surface area contributed by atoms with Gasteiger partial charge in [-0.05, 0) is 43.9 Å². The molecule has 0 bridgehead atoms. The van der Waals surface area contributed by atoms with Gasteiger partial charge in [0, 0.05) is 10.5 Å². The number of rotatable bonds is 2. The summed E-state index contributed by atoms with van der Waals surface area (Å²) in [5.41, 5.74) is 0.464. The molecule has 0 spiro atoms. The Bertz CT molecular complexity index is 453. The number of benzene rings is 1. The highest BCUT2D eigenvalue weighted by molar-refractivity contribution is 9.10. The first-order valence-corrected chi connectivity index (χ1v) is 7.17.